The summed E-state index contributed by atoms with van der Waals surface area (Å²) in [6.07, 6.45) is -1.15. The lowest BCUT2D eigenvalue weighted by Gasteiger charge is -2.14. The number of aliphatic hydroxyl groups is 1. The molecule has 5 N–H and O–H groups in total. The van der Waals surface area contributed by atoms with E-state index in [1.54, 1.807) is 0 Å². The fraction of sp³-hybridized carbons (Fsp3) is 0.333. The molecule has 1 saturated heterocycles. The van der Waals surface area contributed by atoms with Crippen molar-refractivity contribution in [2.24, 2.45) is 0 Å². The first kappa shape index (κ1) is 13.1. The lowest BCUT2D eigenvalue weighted by atomic mass is 10.7. The van der Waals surface area contributed by atoms with Gasteiger partial charge in [0.2, 0.25) is 0 Å². The molecule has 1 heterocycles. The van der Waals surface area contributed by atoms with Crippen molar-refractivity contribution in [1.29, 1.82) is 0 Å². The standard InChI is InChI=1S/C3H5N3O3.2ClH/c7-1-4-2(8)6-3(9)5-1;;/h1,7H,(H3,4,5,6,8,9);2*1H/p-1. The summed E-state index contributed by atoms with van der Waals surface area (Å²) in [6, 6.07) is -1.25. The van der Waals surface area contributed by atoms with Crippen LogP contribution in [0.5, 0.6) is 0 Å². The van der Waals surface area contributed by atoms with Crippen molar-refractivity contribution in [3.8, 4) is 0 Å². The summed E-state index contributed by atoms with van der Waals surface area (Å²) < 4.78 is 0. The molecular formula is C3H6Cl2N3O3-. The van der Waals surface area contributed by atoms with E-state index >= 15 is 0 Å². The van der Waals surface area contributed by atoms with Gasteiger partial charge < -0.3 is 29.9 Å². The minimum atomic E-state index is -1.15. The molecule has 1 aliphatic heterocycles. The number of hydrogen-bond acceptors (Lipinski definition) is 3. The van der Waals surface area contributed by atoms with Gasteiger partial charge in [0.15, 0.2) is 0 Å². The Morgan fingerprint density at radius 3 is 2.27 bits per heavy atom. The number of carbonyl (C=O) groups is 2. The van der Waals surface area contributed by atoms with Crippen LogP contribution in [-0.4, -0.2) is 23.5 Å². The molecule has 0 aromatic carbocycles. The van der Waals surface area contributed by atoms with Crippen molar-refractivity contribution in [3.05, 3.63) is 0 Å². The van der Waals surface area contributed by atoms with Crippen LogP contribution in [0.2, 0.25) is 0 Å². The molecule has 0 aliphatic carbocycles. The van der Waals surface area contributed by atoms with E-state index in [-0.39, 0.29) is 24.8 Å². The minimum Gasteiger partial charge on any atom is -1.00 e. The molecule has 1 unspecified atom stereocenters. The highest BCUT2D eigenvalue weighted by molar-refractivity contribution is 5.90. The van der Waals surface area contributed by atoms with Crippen LogP contribution in [-0.2, 0) is 0 Å². The Morgan fingerprint density at radius 1 is 1.36 bits per heavy atom. The second-order valence-electron chi connectivity index (χ2n) is 1.57. The fourth-order valence-electron chi connectivity index (χ4n) is 0.509. The summed E-state index contributed by atoms with van der Waals surface area (Å²) in [6.45, 7) is 0. The number of quaternary nitrogens is 1. The predicted molar refractivity (Wildman–Crippen MR) is 25.0 cm³/mol. The number of halogens is 2. The maximum absolute atomic E-state index is 10.3. The van der Waals surface area contributed by atoms with Crippen LogP contribution < -0.4 is 40.8 Å². The van der Waals surface area contributed by atoms with Gasteiger partial charge >= 0.3 is 12.1 Å². The molecule has 0 radical (unpaired) electrons. The van der Waals surface area contributed by atoms with E-state index in [2.05, 4.69) is 0 Å². The van der Waals surface area contributed by atoms with Crippen LogP contribution >= 0.6 is 0 Å². The Hall–Kier alpha value is -0.560. The molecule has 4 amide bonds. The number of imide groups is 1. The highest BCUT2D eigenvalue weighted by atomic mass is 35.5. The van der Waals surface area contributed by atoms with E-state index in [1.165, 1.54) is 0 Å². The van der Waals surface area contributed by atoms with Gasteiger partial charge in [0.25, 0.3) is 6.35 Å². The smallest absolute Gasteiger partial charge is 0.425 e. The number of amides is 4. The Morgan fingerprint density at radius 2 is 1.91 bits per heavy atom. The maximum Gasteiger partial charge on any atom is 0.425 e. The SMILES string of the molecule is O=C1NC(=O)[NH2+]C(O)N1.[Cl-].[Cl-]. The van der Waals surface area contributed by atoms with Crippen LogP contribution in [0.1, 0.15) is 0 Å². The molecule has 0 bridgehead atoms. The zero-order valence-electron chi connectivity index (χ0n) is 5.17. The molecule has 8 heteroatoms. The lowest BCUT2D eigenvalue weighted by Crippen LogP contribution is -3.02. The fourth-order valence-corrected chi connectivity index (χ4v) is 0.509. The molecule has 0 spiro atoms. The first-order valence-corrected chi connectivity index (χ1v) is 2.33. The predicted octanol–water partition coefficient (Wildman–Crippen LogP) is -8.73. The highest BCUT2D eigenvalue weighted by Gasteiger charge is 2.24. The summed E-state index contributed by atoms with van der Waals surface area (Å²) in [5.74, 6) is 0. The van der Waals surface area contributed by atoms with Crippen molar-refractivity contribution in [1.82, 2.24) is 10.6 Å². The Balaban J connectivity index is 0. The van der Waals surface area contributed by atoms with Crippen molar-refractivity contribution >= 4 is 12.1 Å². The van der Waals surface area contributed by atoms with Gasteiger partial charge in [-0.1, -0.05) is 0 Å². The molecule has 66 valence electrons. The number of nitrogens with two attached hydrogens (primary N) is 1. The lowest BCUT2D eigenvalue weighted by molar-refractivity contribution is -0.645. The molecule has 1 rings (SSSR count). The molecule has 0 aromatic rings. The molecule has 11 heavy (non-hydrogen) atoms. The van der Waals surface area contributed by atoms with Crippen LogP contribution in [0, 0.1) is 0 Å². The largest absolute Gasteiger partial charge is 1.00 e. The topological polar surface area (TPSA) is 95.0 Å². The number of carbonyl (C=O) groups excluding carboxylic acids is 2. The van der Waals surface area contributed by atoms with Crippen LogP contribution in [0.4, 0.5) is 9.59 Å². The third kappa shape index (κ3) is 3.99. The van der Waals surface area contributed by atoms with Gasteiger partial charge in [0.05, 0.1) is 0 Å². The number of primary amides is 1. The van der Waals surface area contributed by atoms with E-state index in [4.69, 9.17) is 5.11 Å². The number of urea groups is 2. The van der Waals surface area contributed by atoms with E-state index in [0.29, 0.717) is 0 Å². The average molecular weight is 203 g/mol. The van der Waals surface area contributed by atoms with Gasteiger partial charge in [-0.25, -0.2) is 20.2 Å². The third-order valence-electron chi connectivity index (χ3n) is 0.825. The first-order valence-electron chi connectivity index (χ1n) is 2.33. The van der Waals surface area contributed by atoms with E-state index < -0.39 is 18.4 Å². The molecule has 1 aliphatic rings. The molecule has 6 nitrogen and oxygen atoms in total. The van der Waals surface area contributed by atoms with Gasteiger partial charge in [-0.2, -0.15) is 0 Å². The molecule has 1 atom stereocenters. The normalized spacial score (nSPS) is 22.1. The number of aliphatic hydroxyl groups excluding tert-OH is 1. The molecular weight excluding hydrogens is 197 g/mol. The zero-order chi connectivity index (χ0) is 6.85. The second kappa shape index (κ2) is 5.14. The van der Waals surface area contributed by atoms with Gasteiger partial charge in [-0.15, -0.1) is 0 Å². The second-order valence-corrected chi connectivity index (χ2v) is 1.57. The van der Waals surface area contributed by atoms with Gasteiger partial charge in [0, 0.05) is 0 Å². The Labute approximate surface area is 74.5 Å². The van der Waals surface area contributed by atoms with E-state index in [1.807, 2.05) is 10.6 Å². The summed E-state index contributed by atoms with van der Waals surface area (Å²) >= 11 is 0. The molecule has 1 fully saturated rings. The Kier molecular flexibility index (Phi) is 6.10. The molecule has 0 saturated carbocycles. The van der Waals surface area contributed by atoms with E-state index in [0.717, 1.165) is 5.32 Å². The van der Waals surface area contributed by atoms with E-state index in [9.17, 15) is 9.59 Å². The molecule has 0 aromatic heterocycles. The van der Waals surface area contributed by atoms with Gasteiger partial charge in [-0.3, -0.25) is 5.32 Å². The summed E-state index contributed by atoms with van der Waals surface area (Å²) in [5.41, 5.74) is 0. The summed E-state index contributed by atoms with van der Waals surface area (Å²) in [5, 5.41) is 13.5. The minimum absolute atomic E-state index is 0. The first-order chi connectivity index (χ1) is 4.18. The van der Waals surface area contributed by atoms with Crippen molar-refractivity contribution in [2.45, 2.75) is 6.35 Å². The third-order valence-corrected chi connectivity index (χ3v) is 0.825. The van der Waals surface area contributed by atoms with Crippen molar-refractivity contribution < 1.29 is 44.8 Å². The van der Waals surface area contributed by atoms with Crippen LogP contribution in [0.15, 0.2) is 0 Å². The van der Waals surface area contributed by atoms with Gasteiger partial charge in [0.1, 0.15) is 0 Å². The van der Waals surface area contributed by atoms with Gasteiger partial charge in [-0.05, 0) is 0 Å². The number of nitrogens with one attached hydrogen (secondary N) is 2. The number of hydrogen-bond donors (Lipinski definition) is 4. The van der Waals surface area contributed by atoms with Crippen molar-refractivity contribution in [2.75, 3.05) is 0 Å². The van der Waals surface area contributed by atoms with Crippen LogP contribution in [0.25, 0.3) is 0 Å². The number of rotatable bonds is 0. The van der Waals surface area contributed by atoms with Crippen LogP contribution in [0.3, 0.4) is 0 Å². The zero-order valence-corrected chi connectivity index (χ0v) is 6.69. The summed E-state index contributed by atoms with van der Waals surface area (Å²) in [4.78, 5) is 20.6. The Bertz CT molecular complexity index is 148. The highest BCUT2D eigenvalue weighted by Crippen LogP contribution is 1.69. The monoisotopic (exact) mass is 202 g/mol. The average Bonchev–Trinajstić information content (AvgIpc) is 1.59. The summed E-state index contributed by atoms with van der Waals surface area (Å²) in [7, 11) is 0. The van der Waals surface area contributed by atoms with Crippen molar-refractivity contribution in [3.63, 3.8) is 0 Å². The quantitative estimate of drug-likeness (QED) is 0.315. The maximum atomic E-state index is 10.3.